The molecule has 112 valence electrons. The lowest BCUT2D eigenvalue weighted by Crippen LogP contribution is -2.34. The summed E-state index contributed by atoms with van der Waals surface area (Å²) in [6, 6.07) is 2.01. The molecule has 0 saturated carbocycles. The first kappa shape index (κ1) is 14.1. The molecule has 0 bridgehead atoms. The lowest BCUT2D eigenvalue weighted by atomic mass is 9.97. The third-order valence-electron chi connectivity index (χ3n) is 3.95. The van der Waals surface area contributed by atoms with Crippen LogP contribution in [-0.2, 0) is 13.0 Å². The maximum atomic E-state index is 4.60. The molecule has 1 aliphatic heterocycles. The second-order valence-corrected chi connectivity index (χ2v) is 5.67. The Morgan fingerprint density at radius 1 is 1.38 bits per heavy atom. The minimum absolute atomic E-state index is 0.427. The largest absolute Gasteiger partial charge is 0.297 e. The van der Waals surface area contributed by atoms with Crippen LogP contribution in [0.15, 0.2) is 12.3 Å². The number of piperidine rings is 1. The van der Waals surface area contributed by atoms with Crippen molar-refractivity contribution in [1.29, 1.82) is 0 Å². The van der Waals surface area contributed by atoms with E-state index in [2.05, 4.69) is 37.0 Å². The average molecular weight is 286 g/mol. The molecule has 0 amide bonds. The summed E-state index contributed by atoms with van der Waals surface area (Å²) in [6.45, 7) is 7.04. The number of H-pyrrole nitrogens is 1. The van der Waals surface area contributed by atoms with E-state index in [1.165, 1.54) is 6.42 Å². The van der Waals surface area contributed by atoms with Gasteiger partial charge in [0.2, 0.25) is 0 Å². The predicted molar refractivity (Wildman–Crippen MR) is 79.8 cm³/mol. The second kappa shape index (κ2) is 6.30. The third-order valence-corrected chi connectivity index (χ3v) is 3.95. The van der Waals surface area contributed by atoms with Crippen LogP contribution >= 0.6 is 0 Å². The van der Waals surface area contributed by atoms with E-state index in [4.69, 9.17) is 0 Å². The first-order valence-corrected chi connectivity index (χ1v) is 7.66. The molecule has 1 N–H and O–H groups in total. The number of nitrogens with zero attached hydrogens (tertiary/aromatic N) is 5. The van der Waals surface area contributed by atoms with Gasteiger partial charge in [-0.2, -0.15) is 5.10 Å². The quantitative estimate of drug-likeness (QED) is 0.928. The van der Waals surface area contributed by atoms with Gasteiger partial charge in [0, 0.05) is 31.6 Å². The van der Waals surface area contributed by atoms with Crippen LogP contribution in [0, 0.1) is 6.92 Å². The Morgan fingerprint density at radius 2 is 2.29 bits per heavy atom. The van der Waals surface area contributed by atoms with Crippen molar-refractivity contribution in [3.63, 3.8) is 0 Å². The van der Waals surface area contributed by atoms with Crippen molar-refractivity contribution in [2.24, 2.45) is 0 Å². The van der Waals surface area contributed by atoms with Crippen molar-refractivity contribution in [3.05, 3.63) is 35.4 Å². The van der Waals surface area contributed by atoms with Crippen LogP contribution in [0.2, 0.25) is 0 Å². The van der Waals surface area contributed by atoms with Crippen LogP contribution < -0.4 is 0 Å². The lowest BCUT2D eigenvalue weighted by molar-refractivity contribution is 0.194. The number of aromatic nitrogens is 5. The van der Waals surface area contributed by atoms with Gasteiger partial charge in [-0.15, -0.1) is 0 Å². The molecule has 0 aromatic carbocycles. The van der Waals surface area contributed by atoms with Crippen molar-refractivity contribution in [2.75, 3.05) is 13.1 Å². The third kappa shape index (κ3) is 3.44. The Labute approximate surface area is 125 Å². The van der Waals surface area contributed by atoms with Gasteiger partial charge in [-0.3, -0.25) is 10.00 Å². The van der Waals surface area contributed by atoms with Crippen molar-refractivity contribution in [1.82, 2.24) is 30.0 Å². The number of aromatic amines is 1. The zero-order valence-electron chi connectivity index (χ0n) is 12.7. The van der Waals surface area contributed by atoms with Crippen LogP contribution in [0.25, 0.3) is 0 Å². The van der Waals surface area contributed by atoms with E-state index in [0.29, 0.717) is 5.92 Å². The summed E-state index contributed by atoms with van der Waals surface area (Å²) >= 11 is 0. The molecule has 0 radical (unpaired) electrons. The maximum absolute atomic E-state index is 4.60. The molecule has 6 heteroatoms. The summed E-state index contributed by atoms with van der Waals surface area (Å²) in [6.07, 6.45) is 5.09. The number of likely N-dealkylation sites (tertiary alicyclic amines) is 1. The zero-order valence-corrected chi connectivity index (χ0v) is 12.7. The minimum Gasteiger partial charge on any atom is -0.297 e. The molecule has 0 spiro atoms. The normalized spacial score (nSPS) is 19.8. The first-order chi connectivity index (χ1) is 10.2. The maximum Gasteiger partial charge on any atom is 0.155 e. The van der Waals surface area contributed by atoms with Gasteiger partial charge >= 0.3 is 0 Å². The van der Waals surface area contributed by atoms with E-state index >= 15 is 0 Å². The van der Waals surface area contributed by atoms with Gasteiger partial charge in [0.25, 0.3) is 0 Å². The summed E-state index contributed by atoms with van der Waals surface area (Å²) in [5.41, 5.74) is 1.11. The van der Waals surface area contributed by atoms with Crippen LogP contribution in [0.5, 0.6) is 0 Å². The molecule has 3 heterocycles. The second-order valence-electron chi connectivity index (χ2n) is 5.67. The zero-order chi connectivity index (χ0) is 14.7. The number of hydrogen-bond acceptors (Lipinski definition) is 5. The van der Waals surface area contributed by atoms with Gasteiger partial charge < -0.3 is 0 Å². The summed E-state index contributed by atoms with van der Waals surface area (Å²) in [7, 11) is 0. The molecule has 2 aromatic heterocycles. The minimum atomic E-state index is 0.427. The molecule has 1 fully saturated rings. The molecule has 21 heavy (non-hydrogen) atoms. The van der Waals surface area contributed by atoms with Gasteiger partial charge in [-0.1, -0.05) is 6.92 Å². The highest BCUT2D eigenvalue weighted by Crippen LogP contribution is 2.25. The molecular formula is C15H22N6. The predicted octanol–water partition coefficient (Wildman–Crippen LogP) is 1.85. The van der Waals surface area contributed by atoms with E-state index in [9.17, 15) is 0 Å². The van der Waals surface area contributed by atoms with Crippen LogP contribution in [0.4, 0.5) is 0 Å². The lowest BCUT2D eigenvalue weighted by Gasteiger charge is -2.31. The SMILES string of the molecule is CCc1nccc(CN2CCC[C@@H](c3n[nH]c(C)n3)C2)n1. The fourth-order valence-electron chi connectivity index (χ4n) is 2.88. The topological polar surface area (TPSA) is 70.6 Å². The highest BCUT2D eigenvalue weighted by atomic mass is 15.2. The molecular weight excluding hydrogens is 264 g/mol. The van der Waals surface area contributed by atoms with E-state index in [-0.39, 0.29) is 0 Å². The average Bonchev–Trinajstić information content (AvgIpc) is 2.94. The van der Waals surface area contributed by atoms with Gasteiger partial charge in [0.15, 0.2) is 5.82 Å². The van der Waals surface area contributed by atoms with Crippen molar-refractivity contribution in [3.8, 4) is 0 Å². The molecule has 2 aromatic rings. The fourth-order valence-corrected chi connectivity index (χ4v) is 2.88. The Bertz CT molecular complexity index is 593. The molecule has 0 unspecified atom stereocenters. The first-order valence-electron chi connectivity index (χ1n) is 7.66. The van der Waals surface area contributed by atoms with E-state index in [1.807, 2.05) is 19.2 Å². The Balaban J connectivity index is 1.65. The van der Waals surface area contributed by atoms with Gasteiger partial charge in [-0.05, 0) is 32.4 Å². The number of nitrogens with one attached hydrogen (secondary N) is 1. The van der Waals surface area contributed by atoms with Gasteiger partial charge in [0.05, 0.1) is 5.69 Å². The van der Waals surface area contributed by atoms with Crippen LogP contribution in [0.3, 0.4) is 0 Å². The molecule has 1 atom stereocenters. The highest BCUT2D eigenvalue weighted by molar-refractivity contribution is 5.04. The van der Waals surface area contributed by atoms with Gasteiger partial charge in [0.1, 0.15) is 11.6 Å². The van der Waals surface area contributed by atoms with Crippen LogP contribution in [0.1, 0.15) is 48.9 Å². The summed E-state index contributed by atoms with van der Waals surface area (Å²) in [4.78, 5) is 15.8. The molecule has 0 aliphatic carbocycles. The molecule has 6 nitrogen and oxygen atoms in total. The number of hydrogen-bond donors (Lipinski definition) is 1. The Kier molecular flexibility index (Phi) is 4.24. The standard InChI is InChI=1S/C15H22N6/c1-3-14-16-7-6-13(18-14)10-21-8-4-5-12(9-21)15-17-11(2)19-20-15/h6-7,12H,3-5,8-10H2,1-2H3,(H,17,19,20)/t12-/m1/s1. The number of rotatable bonds is 4. The Hall–Kier alpha value is -1.82. The highest BCUT2D eigenvalue weighted by Gasteiger charge is 2.24. The molecule has 1 aliphatic rings. The van der Waals surface area contributed by atoms with Gasteiger partial charge in [-0.25, -0.2) is 15.0 Å². The van der Waals surface area contributed by atoms with E-state index < -0.39 is 0 Å². The van der Waals surface area contributed by atoms with Crippen molar-refractivity contribution < 1.29 is 0 Å². The van der Waals surface area contributed by atoms with Crippen molar-refractivity contribution in [2.45, 2.75) is 45.6 Å². The summed E-state index contributed by atoms with van der Waals surface area (Å²) in [5, 5.41) is 7.27. The molecule has 3 rings (SSSR count). The number of aryl methyl sites for hydroxylation is 2. The van der Waals surface area contributed by atoms with E-state index in [1.54, 1.807) is 0 Å². The summed E-state index contributed by atoms with van der Waals surface area (Å²) < 4.78 is 0. The Morgan fingerprint density at radius 3 is 3.05 bits per heavy atom. The monoisotopic (exact) mass is 286 g/mol. The molecule has 1 saturated heterocycles. The fraction of sp³-hybridized carbons (Fsp3) is 0.600. The summed E-state index contributed by atoms with van der Waals surface area (Å²) in [5.74, 6) is 3.20. The smallest absolute Gasteiger partial charge is 0.155 e. The van der Waals surface area contributed by atoms with Crippen LogP contribution in [-0.4, -0.2) is 43.1 Å². The van der Waals surface area contributed by atoms with Crippen molar-refractivity contribution >= 4 is 0 Å². The van der Waals surface area contributed by atoms with E-state index in [0.717, 1.165) is 55.6 Å².